The molecule has 5 nitrogen and oxygen atoms in total. The standard InChI is InChI=1S/C30H31N3O2/c1-4-27-32-28-19(2)16-20(3)31-29(28)33(27)18-21-10-12-23(13-11-21)25-15-14-24(17-26(25)30(34)35)22-8-6-5-7-9-22/h5-13,16,24H,4,14-15,17-18H2,1-3H3,(H,34,35). The van der Waals surface area contributed by atoms with E-state index in [4.69, 9.17) is 9.97 Å². The molecule has 1 atom stereocenters. The summed E-state index contributed by atoms with van der Waals surface area (Å²) >= 11 is 0. The lowest BCUT2D eigenvalue weighted by atomic mass is 9.78. The molecule has 0 fully saturated rings. The molecule has 2 heterocycles. The lowest BCUT2D eigenvalue weighted by Crippen LogP contribution is -2.15. The van der Waals surface area contributed by atoms with E-state index in [1.54, 1.807) is 0 Å². The fraction of sp³-hybridized carbons (Fsp3) is 0.300. The number of nitrogens with zero attached hydrogens (tertiary/aromatic N) is 3. The van der Waals surface area contributed by atoms with Gasteiger partial charge in [-0.2, -0.15) is 0 Å². The summed E-state index contributed by atoms with van der Waals surface area (Å²) in [5.74, 6) is 0.478. The van der Waals surface area contributed by atoms with Gasteiger partial charge in [0.15, 0.2) is 5.65 Å². The fourth-order valence-electron chi connectivity index (χ4n) is 5.36. The predicted octanol–water partition coefficient (Wildman–Crippen LogP) is 6.46. The quantitative estimate of drug-likeness (QED) is 0.355. The number of hydrogen-bond donors (Lipinski definition) is 1. The van der Waals surface area contributed by atoms with E-state index >= 15 is 0 Å². The van der Waals surface area contributed by atoms with Crippen LogP contribution >= 0.6 is 0 Å². The molecule has 4 aromatic rings. The molecule has 5 heteroatoms. The summed E-state index contributed by atoms with van der Waals surface area (Å²) in [6.45, 7) is 6.92. The Morgan fingerprint density at radius 2 is 1.80 bits per heavy atom. The summed E-state index contributed by atoms with van der Waals surface area (Å²) in [5, 5.41) is 9.99. The number of pyridine rings is 1. The monoisotopic (exact) mass is 465 g/mol. The zero-order valence-corrected chi connectivity index (χ0v) is 20.6. The normalized spacial score (nSPS) is 16.1. The average Bonchev–Trinajstić information content (AvgIpc) is 3.22. The number of carbonyl (C=O) groups is 1. The molecule has 0 aliphatic heterocycles. The molecular formula is C30H31N3O2. The third kappa shape index (κ3) is 4.51. The molecule has 5 rings (SSSR count). The van der Waals surface area contributed by atoms with Gasteiger partial charge in [-0.25, -0.2) is 14.8 Å². The lowest BCUT2D eigenvalue weighted by molar-refractivity contribution is -0.132. The number of benzene rings is 2. The molecule has 1 unspecified atom stereocenters. The highest BCUT2D eigenvalue weighted by molar-refractivity contribution is 5.97. The molecule has 1 aliphatic rings. The third-order valence-corrected chi connectivity index (χ3v) is 7.15. The van der Waals surface area contributed by atoms with E-state index in [2.05, 4.69) is 60.9 Å². The van der Waals surface area contributed by atoms with Crippen LogP contribution < -0.4 is 0 Å². The average molecular weight is 466 g/mol. The molecule has 2 aromatic heterocycles. The number of hydrogen-bond acceptors (Lipinski definition) is 3. The van der Waals surface area contributed by atoms with Crippen molar-refractivity contribution in [2.45, 2.75) is 58.9 Å². The second kappa shape index (κ2) is 9.49. The first kappa shape index (κ1) is 23.0. The van der Waals surface area contributed by atoms with Gasteiger partial charge in [-0.15, -0.1) is 0 Å². The number of fused-ring (bicyclic) bond motifs is 1. The smallest absolute Gasteiger partial charge is 0.331 e. The first-order valence-corrected chi connectivity index (χ1v) is 12.4. The minimum absolute atomic E-state index is 0.256. The molecule has 0 radical (unpaired) electrons. The Kier molecular flexibility index (Phi) is 6.25. The van der Waals surface area contributed by atoms with Crippen molar-refractivity contribution in [3.05, 3.63) is 100 Å². The Morgan fingerprint density at radius 3 is 2.49 bits per heavy atom. The van der Waals surface area contributed by atoms with E-state index in [1.165, 1.54) is 5.56 Å². The molecule has 0 bridgehead atoms. The van der Waals surface area contributed by atoms with E-state index in [0.29, 0.717) is 18.5 Å². The molecule has 0 spiro atoms. The first-order chi connectivity index (χ1) is 16.9. The zero-order valence-electron chi connectivity index (χ0n) is 20.6. The SMILES string of the molecule is CCc1nc2c(C)cc(C)nc2n1Cc1ccc(C2=C(C(=O)O)CC(c3ccccc3)CC2)cc1. The number of carboxylic acid groups (broad SMARTS) is 1. The van der Waals surface area contributed by atoms with Gasteiger partial charge in [-0.05, 0) is 72.9 Å². The minimum Gasteiger partial charge on any atom is -0.478 e. The number of aliphatic carboxylic acids is 1. The van der Waals surface area contributed by atoms with Crippen LogP contribution in [0.15, 0.2) is 66.2 Å². The molecule has 2 aromatic carbocycles. The molecule has 1 N–H and O–H groups in total. The second-order valence-corrected chi connectivity index (χ2v) is 9.53. The molecule has 35 heavy (non-hydrogen) atoms. The highest BCUT2D eigenvalue weighted by atomic mass is 16.4. The van der Waals surface area contributed by atoms with Gasteiger partial charge in [0.05, 0.1) is 6.54 Å². The number of aromatic nitrogens is 3. The van der Waals surface area contributed by atoms with Crippen LogP contribution in [0.1, 0.15) is 65.9 Å². The number of imidazole rings is 1. The van der Waals surface area contributed by atoms with E-state index in [9.17, 15) is 9.90 Å². The van der Waals surface area contributed by atoms with Gasteiger partial charge in [0.2, 0.25) is 0 Å². The topological polar surface area (TPSA) is 68.0 Å². The molecular weight excluding hydrogens is 434 g/mol. The van der Waals surface area contributed by atoms with E-state index in [-0.39, 0.29) is 5.92 Å². The largest absolute Gasteiger partial charge is 0.478 e. The Bertz CT molecular complexity index is 1420. The fourth-order valence-corrected chi connectivity index (χ4v) is 5.36. The van der Waals surface area contributed by atoms with Crippen LogP contribution in [0.5, 0.6) is 0 Å². The van der Waals surface area contributed by atoms with Gasteiger partial charge in [0.25, 0.3) is 0 Å². The highest BCUT2D eigenvalue weighted by Crippen LogP contribution is 2.40. The molecule has 0 amide bonds. The van der Waals surface area contributed by atoms with Crippen molar-refractivity contribution in [3.8, 4) is 0 Å². The Labute approximate surface area is 206 Å². The van der Waals surface area contributed by atoms with Crippen molar-refractivity contribution in [1.82, 2.24) is 14.5 Å². The van der Waals surface area contributed by atoms with Gasteiger partial charge in [-0.3, -0.25) is 0 Å². The van der Waals surface area contributed by atoms with Gasteiger partial charge in [0.1, 0.15) is 11.3 Å². The Morgan fingerprint density at radius 1 is 1.06 bits per heavy atom. The maximum atomic E-state index is 12.2. The number of rotatable bonds is 6. The molecule has 178 valence electrons. The van der Waals surface area contributed by atoms with Crippen LogP contribution in [0.4, 0.5) is 0 Å². The van der Waals surface area contributed by atoms with Gasteiger partial charge in [-0.1, -0.05) is 61.5 Å². The van der Waals surface area contributed by atoms with E-state index in [0.717, 1.165) is 64.2 Å². The van der Waals surface area contributed by atoms with Crippen molar-refractivity contribution < 1.29 is 9.90 Å². The summed E-state index contributed by atoms with van der Waals surface area (Å²) < 4.78 is 2.21. The van der Waals surface area contributed by atoms with Crippen LogP contribution in [0, 0.1) is 13.8 Å². The van der Waals surface area contributed by atoms with Gasteiger partial charge in [0, 0.05) is 17.7 Å². The van der Waals surface area contributed by atoms with Crippen LogP contribution in [-0.2, 0) is 17.8 Å². The van der Waals surface area contributed by atoms with Crippen LogP contribution in [-0.4, -0.2) is 25.6 Å². The zero-order chi connectivity index (χ0) is 24.5. The summed E-state index contributed by atoms with van der Waals surface area (Å²) in [6, 6.07) is 20.7. The Balaban J connectivity index is 1.44. The summed E-state index contributed by atoms with van der Waals surface area (Å²) in [7, 11) is 0. The van der Waals surface area contributed by atoms with Crippen LogP contribution in [0.25, 0.3) is 16.7 Å². The van der Waals surface area contributed by atoms with Gasteiger partial charge < -0.3 is 9.67 Å². The lowest BCUT2D eigenvalue weighted by Gasteiger charge is -2.26. The Hall–Kier alpha value is -3.73. The predicted molar refractivity (Wildman–Crippen MR) is 140 cm³/mol. The number of carboxylic acids is 1. The van der Waals surface area contributed by atoms with E-state index < -0.39 is 5.97 Å². The van der Waals surface area contributed by atoms with E-state index in [1.807, 2.05) is 25.1 Å². The van der Waals surface area contributed by atoms with Crippen molar-refractivity contribution in [2.24, 2.45) is 0 Å². The van der Waals surface area contributed by atoms with Crippen LogP contribution in [0.2, 0.25) is 0 Å². The maximum absolute atomic E-state index is 12.2. The highest BCUT2D eigenvalue weighted by Gasteiger charge is 2.27. The van der Waals surface area contributed by atoms with Crippen molar-refractivity contribution in [2.75, 3.05) is 0 Å². The third-order valence-electron chi connectivity index (χ3n) is 7.15. The maximum Gasteiger partial charge on any atom is 0.331 e. The molecule has 0 saturated carbocycles. The summed E-state index contributed by atoms with van der Waals surface area (Å²) in [5.41, 5.74) is 8.93. The second-order valence-electron chi connectivity index (χ2n) is 9.53. The first-order valence-electron chi connectivity index (χ1n) is 12.4. The minimum atomic E-state index is -0.806. The van der Waals surface area contributed by atoms with Crippen molar-refractivity contribution >= 4 is 22.7 Å². The molecule has 0 saturated heterocycles. The number of allylic oxidation sites excluding steroid dienone is 1. The molecule has 1 aliphatic carbocycles. The summed E-state index contributed by atoms with van der Waals surface area (Å²) in [6.07, 6.45) is 3.14. The van der Waals surface area contributed by atoms with Crippen LogP contribution in [0.3, 0.4) is 0 Å². The number of aryl methyl sites for hydroxylation is 3. The van der Waals surface area contributed by atoms with Gasteiger partial charge >= 0.3 is 5.97 Å². The summed E-state index contributed by atoms with van der Waals surface area (Å²) in [4.78, 5) is 21.8. The van der Waals surface area contributed by atoms with Crippen molar-refractivity contribution in [1.29, 1.82) is 0 Å². The van der Waals surface area contributed by atoms with Crippen molar-refractivity contribution in [3.63, 3.8) is 0 Å².